The Kier molecular flexibility index (Phi) is 5.66. The van der Waals surface area contributed by atoms with Crippen molar-refractivity contribution in [3.8, 4) is 0 Å². The van der Waals surface area contributed by atoms with Gasteiger partial charge >= 0.3 is 13.3 Å². The molecule has 0 aromatic carbocycles. The van der Waals surface area contributed by atoms with Gasteiger partial charge in [0.15, 0.2) is 5.34 Å². The molecule has 1 heterocycles. The van der Waals surface area contributed by atoms with E-state index in [0.29, 0.717) is 0 Å². The van der Waals surface area contributed by atoms with Crippen LogP contribution in [0.25, 0.3) is 0 Å². The van der Waals surface area contributed by atoms with E-state index < -0.39 is 25.0 Å². The van der Waals surface area contributed by atoms with Gasteiger partial charge in [-0.05, 0) is 18.9 Å². The number of ether oxygens (including phenoxy) is 2. The molecule has 10 heteroatoms. The monoisotopic (exact) mass is 321 g/mol. The van der Waals surface area contributed by atoms with Crippen LogP contribution in [0.4, 0.5) is 5.82 Å². The lowest BCUT2D eigenvalue weighted by atomic mass is 10.2. The van der Waals surface area contributed by atoms with Gasteiger partial charge in [-0.25, -0.2) is 9.36 Å². The van der Waals surface area contributed by atoms with Crippen molar-refractivity contribution >= 4 is 13.4 Å². The second-order valence-corrected chi connectivity index (χ2v) is 6.30. The maximum absolute atomic E-state index is 11.8. The molecule has 9 nitrogen and oxygen atoms in total. The number of anilines is 1. The third kappa shape index (κ3) is 3.69. The normalized spacial score (nSPS) is 14.1. The minimum Gasteiger partial charge on any atom is -0.383 e. The Labute approximate surface area is 121 Å². The van der Waals surface area contributed by atoms with Crippen LogP contribution in [0.5, 0.6) is 0 Å². The first kappa shape index (κ1) is 17.8. The zero-order valence-corrected chi connectivity index (χ0v) is 13.0. The molecule has 0 aliphatic rings. The van der Waals surface area contributed by atoms with Crippen molar-refractivity contribution in [3.63, 3.8) is 0 Å². The average Bonchev–Trinajstić information content (AvgIpc) is 2.40. The van der Waals surface area contributed by atoms with Crippen molar-refractivity contribution in [1.29, 1.82) is 0 Å². The van der Waals surface area contributed by atoms with Crippen LogP contribution < -0.4 is 11.4 Å². The summed E-state index contributed by atoms with van der Waals surface area (Å²) < 4.78 is 23.2. The van der Waals surface area contributed by atoms with E-state index in [2.05, 4.69) is 4.98 Å². The summed E-state index contributed by atoms with van der Waals surface area (Å²) in [5.41, 5.74) is 4.65. The zero-order chi connectivity index (χ0) is 16.3. The van der Waals surface area contributed by atoms with Crippen molar-refractivity contribution in [2.45, 2.75) is 38.4 Å². The van der Waals surface area contributed by atoms with Crippen molar-refractivity contribution in [2.24, 2.45) is 0 Å². The molecule has 21 heavy (non-hydrogen) atoms. The molecule has 1 unspecified atom stereocenters. The molecule has 4 N–H and O–H groups in total. The predicted octanol–water partition coefficient (Wildman–Crippen LogP) is 0.639. The lowest BCUT2D eigenvalue weighted by molar-refractivity contribution is -0.223. The Morgan fingerprint density at radius 3 is 2.43 bits per heavy atom. The molecule has 1 rings (SSSR count). The van der Waals surface area contributed by atoms with Crippen LogP contribution in [0.15, 0.2) is 17.1 Å². The third-order valence-electron chi connectivity index (χ3n) is 3.24. The Morgan fingerprint density at radius 1 is 1.48 bits per heavy atom. The Hall–Kier alpha value is -1.25. The number of nitrogen functional groups attached to an aromatic ring is 1. The number of aromatic nitrogens is 2. The molecule has 0 fully saturated rings. The van der Waals surface area contributed by atoms with Crippen LogP contribution in [-0.2, 0) is 14.0 Å². The topological polar surface area (TPSA) is 137 Å². The first-order valence-electron chi connectivity index (χ1n) is 6.31. The standard InChI is InChI=1S/C11H20N3O6P/c1-4-11(5-2,21(16,17)18)20-10(19-3)14-7-6-8(12)13-9(14)15/h6-7,10H,4-5H2,1-3H3,(H2,12,13,15)(H2,16,17,18). The van der Waals surface area contributed by atoms with E-state index in [1.807, 2.05) is 0 Å². The first-order valence-corrected chi connectivity index (χ1v) is 7.93. The number of hydrogen-bond acceptors (Lipinski definition) is 6. The van der Waals surface area contributed by atoms with Crippen molar-refractivity contribution < 1.29 is 23.8 Å². The van der Waals surface area contributed by atoms with Gasteiger partial charge in [0, 0.05) is 13.3 Å². The summed E-state index contributed by atoms with van der Waals surface area (Å²) in [5, 5.41) is -1.74. The van der Waals surface area contributed by atoms with Crippen LogP contribution in [0, 0.1) is 0 Å². The summed E-state index contributed by atoms with van der Waals surface area (Å²) in [7, 11) is -3.33. The summed E-state index contributed by atoms with van der Waals surface area (Å²) >= 11 is 0. The fourth-order valence-corrected chi connectivity index (χ4v) is 2.94. The van der Waals surface area contributed by atoms with Gasteiger partial charge in [-0.1, -0.05) is 13.8 Å². The smallest absolute Gasteiger partial charge is 0.357 e. The summed E-state index contributed by atoms with van der Waals surface area (Å²) in [4.78, 5) is 34.4. The third-order valence-corrected chi connectivity index (χ3v) is 5.04. The highest BCUT2D eigenvalue weighted by molar-refractivity contribution is 7.53. The van der Waals surface area contributed by atoms with Crippen LogP contribution in [0.3, 0.4) is 0 Å². The van der Waals surface area contributed by atoms with Gasteiger partial charge in [0.2, 0.25) is 6.41 Å². The van der Waals surface area contributed by atoms with Gasteiger partial charge in [0.25, 0.3) is 0 Å². The number of hydrogen-bond donors (Lipinski definition) is 3. The van der Waals surface area contributed by atoms with Gasteiger partial charge in [-0.3, -0.25) is 4.57 Å². The second kappa shape index (κ2) is 6.67. The van der Waals surface area contributed by atoms with Crippen LogP contribution in [0.2, 0.25) is 0 Å². The van der Waals surface area contributed by atoms with E-state index in [1.165, 1.54) is 19.4 Å². The van der Waals surface area contributed by atoms with Crippen molar-refractivity contribution in [3.05, 3.63) is 22.7 Å². The molecular formula is C11H20N3O6P. The van der Waals surface area contributed by atoms with Gasteiger partial charge in [0.05, 0.1) is 0 Å². The van der Waals surface area contributed by atoms with E-state index >= 15 is 0 Å². The first-order chi connectivity index (χ1) is 9.70. The number of nitrogens with two attached hydrogens (primary N) is 1. The summed E-state index contributed by atoms with van der Waals surface area (Å²) in [6, 6.07) is 1.35. The second-order valence-electron chi connectivity index (χ2n) is 4.40. The molecule has 0 spiro atoms. The van der Waals surface area contributed by atoms with Gasteiger partial charge in [0.1, 0.15) is 5.82 Å². The highest BCUT2D eigenvalue weighted by Crippen LogP contribution is 2.56. The lowest BCUT2D eigenvalue weighted by Gasteiger charge is -2.35. The molecule has 0 saturated heterocycles. The molecule has 0 amide bonds. The molecule has 0 aliphatic heterocycles. The number of nitrogens with zero attached hydrogens (tertiary/aromatic N) is 2. The Morgan fingerprint density at radius 2 is 2.05 bits per heavy atom. The summed E-state index contributed by atoms with van der Waals surface area (Å²) in [6.45, 7) is 3.17. The molecule has 1 aromatic rings. The predicted molar refractivity (Wildman–Crippen MR) is 75.4 cm³/mol. The quantitative estimate of drug-likeness (QED) is 0.491. The molecule has 1 aromatic heterocycles. The van der Waals surface area contributed by atoms with Gasteiger partial charge < -0.3 is 25.0 Å². The van der Waals surface area contributed by atoms with E-state index in [9.17, 15) is 19.1 Å². The fourth-order valence-electron chi connectivity index (χ4n) is 1.89. The Balaban J connectivity index is 3.22. The summed E-state index contributed by atoms with van der Waals surface area (Å²) in [6.07, 6.45) is 0.0580. The van der Waals surface area contributed by atoms with Gasteiger partial charge in [-0.2, -0.15) is 4.98 Å². The van der Waals surface area contributed by atoms with Crippen molar-refractivity contribution in [2.75, 3.05) is 12.8 Å². The van der Waals surface area contributed by atoms with Crippen LogP contribution in [-0.4, -0.2) is 31.8 Å². The molecular weight excluding hydrogens is 301 g/mol. The molecule has 0 saturated carbocycles. The van der Waals surface area contributed by atoms with E-state index in [0.717, 1.165) is 4.57 Å². The SMILES string of the molecule is CCC(CC)(OC(OC)n1ccc(N)nc1=O)P(=O)(O)O. The number of methoxy groups -OCH3 is 1. The fraction of sp³-hybridized carbons (Fsp3) is 0.636. The van der Waals surface area contributed by atoms with E-state index in [-0.39, 0.29) is 18.7 Å². The zero-order valence-electron chi connectivity index (χ0n) is 12.1. The average molecular weight is 321 g/mol. The summed E-state index contributed by atoms with van der Waals surface area (Å²) in [5.74, 6) is 0.0262. The highest BCUT2D eigenvalue weighted by atomic mass is 31.2. The van der Waals surface area contributed by atoms with E-state index in [1.54, 1.807) is 13.8 Å². The molecule has 1 atom stereocenters. The minimum atomic E-state index is -4.58. The maximum atomic E-state index is 11.8. The minimum absolute atomic E-state index is 0.0262. The molecule has 0 radical (unpaired) electrons. The lowest BCUT2D eigenvalue weighted by Crippen LogP contribution is -2.38. The largest absolute Gasteiger partial charge is 0.383 e. The van der Waals surface area contributed by atoms with Crippen molar-refractivity contribution in [1.82, 2.24) is 9.55 Å². The van der Waals surface area contributed by atoms with Crippen LogP contribution >= 0.6 is 7.60 Å². The molecule has 0 aliphatic carbocycles. The molecule has 0 bridgehead atoms. The molecule has 120 valence electrons. The van der Waals surface area contributed by atoms with Crippen LogP contribution in [0.1, 0.15) is 33.1 Å². The maximum Gasteiger partial charge on any atom is 0.357 e. The Bertz CT molecular complexity index is 580. The number of rotatable bonds is 7. The highest BCUT2D eigenvalue weighted by Gasteiger charge is 2.47. The van der Waals surface area contributed by atoms with Gasteiger partial charge in [-0.15, -0.1) is 0 Å². The van der Waals surface area contributed by atoms with E-state index in [4.69, 9.17) is 15.2 Å².